The molecule has 4 aromatic rings. The fourth-order valence-electron chi connectivity index (χ4n) is 3.89. The summed E-state index contributed by atoms with van der Waals surface area (Å²) in [6, 6.07) is 12.6. The molecule has 0 unspecified atom stereocenters. The minimum atomic E-state index is -0.362. The van der Waals surface area contributed by atoms with E-state index in [0.717, 1.165) is 32.4 Å². The molecule has 0 spiro atoms. The van der Waals surface area contributed by atoms with Crippen molar-refractivity contribution in [2.75, 3.05) is 32.0 Å². The average molecular weight is 495 g/mol. The van der Waals surface area contributed by atoms with Crippen molar-refractivity contribution in [1.29, 1.82) is 0 Å². The lowest BCUT2D eigenvalue weighted by Crippen LogP contribution is -2.21. The Labute approximate surface area is 207 Å². The van der Waals surface area contributed by atoms with Crippen LogP contribution in [0.3, 0.4) is 0 Å². The first kappa shape index (κ1) is 24.2. The largest absolute Gasteiger partial charge is 0.493 e. The van der Waals surface area contributed by atoms with Gasteiger partial charge in [-0.2, -0.15) is 0 Å². The van der Waals surface area contributed by atoms with Crippen LogP contribution in [0.4, 0.5) is 10.8 Å². The molecule has 35 heavy (non-hydrogen) atoms. The Bertz CT molecular complexity index is 1280. The molecule has 1 aromatic carbocycles. The molecule has 0 aliphatic rings. The number of aromatic amines is 1. The molecular formula is C26H28N3O5S+. The molecule has 0 aliphatic heterocycles. The number of hydrogen-bond acceptors (Lipinski definition) is 7. The van der Waals surface area contributed by atoms with E-state index in [4.69, 9.17) is 18.6 Å². The molecule has 3 aromatic heterocycles. The third-order valence-corrected chi connectivity index (χ3v) is 6.86. The van der Waals surface area contributed by atoms with Crippen molar-refractivity contribution in [2.45, 2.75) is 19.9 Å². The molecule has 0 aliphatic carbocycles. The lowest BCUT2D eigenvalue weighted by atomic mass is 9.95. The maximum absolute atomic E-state index is 12.9. The molecule has 0 saturated carbocycles. The van der Waals surface area contributed by atoms with Crippen molar-refractivity contribution in [3.8, 4) is 17.2 Å². The van der Waals surface area contributed by atoms with Gasteiger partial charge in [-0.05, 0) is 49.7 Å². The number of carbonyl (C=O) groups is 1. The number of ether oxygens (including phenoxy) is 3. The zero-order valence-electron chi connectivity index (χ0n) is 20.2. The number of pyridine rings is 1. The molecule has 182 valence electrons. The van der Waals surface area contributed by atoms with Crippen molar-refractivity contribution < 1.29 is 28.4 Å². The standard InChI is InChI=1S/C26H27N3O5S/c1-15-16(2)35-26(29-25(30)18-9-8-12-34-18)22(15)23(28-21-10-6-7-11-27-21)17-13-19(31-3)24(33-5)20(14-17)32-4/h6-14,23H,1-5H3,(H,27,28)(H,29,30)/p+1/t23-/m0/s1. The molecule has 3 heterocycles. The Kier molecular flexibility index (Phi) is 7.26. The van der Waals surface area contributed by atoms with Crippen LogP contribution in [0.1, 0.15) is 38.2 Å². The highest BCUT2D eigenvalue weighted by Crippen LogP contribution is 2.45. The van der Waals surface area contributed by atoms with Crippen molar-refractivity contribution >= 4 is 28.1 Å². The Morgan fingerprint density at radius 2 is 1.77 bits per heavy atom. The number of methoxy groups -OCH3 is 3. The van der Waals surface area contributed by atoms with Crippen molar-refractivity contribution in [2.24, 2.45) is 0 Å². The highest BCUT2D eigenvalue weighted by Gasteiger charge is 2.30. The predicted octanol–water partition coefficient (Wildman–Crippen LogP) is 5.25. The fourth-order valence-corrected chi connectivity index (χ4v) is 4.98. The number of furan rings is 1. The lowest BCUT2D eigenvalue weighted by Gasteiger charge is -2.20. The van der Waals surface area contributed by atoms with Gasteiger partial charge in [0.2, 0.25) is 5.75 Å². The second-order valence-electron chi connectivity index (χ2n) is 7.77. The van der Waals surface area contributed by atoms with E-state index < -0.39 is 0 Å². The van der Waals surface area contributed by atoms with Gasteiger partial charge in [0.25, 0.3) is 11.7 Å². The summed E-state index contributed by atoms with van der Waals surface area (Å²) in [5.74, 6) is 2.32. The van der Waals surface area contributed by atoms with Gasteiger partial charge in [0.05, 0.1) is 33.8 Å². The van der Waals surface area contributed by atoms with Crippen LogP contribution in [0.5, 0.6) is 17.2 Å². The second-order valence-corrected chi connectivity index (χ2v) is 8.99. The summed E-state index contributed by atoms with van der Waals surface area (Å²) in [5.41, 5.74) is 2.86. The molecule has 0 bridgehead atoms. The number of benzene rings is 1. The summed E-state index contributed by atoms with van der Waals surface area (Å²) in [7, 11) is 4.75. The van der Waals surface area contributed by atoms with Crippen LogP contribution in [-0.2, 0) is 0 Å². The average Bonchev–Trinajstić information content (AvgIpc) is 3.51. The Balaban J connectivity index is 1.87. The fraction of sp³-hybridized carbons (Fsp3) is 0.231. The molecule has 0 saturated heterocycles. The van der Waals surface area contributed by atoms with Gasteiger partial charge in [0.15, 0.2) is 17.3 Å². The normalized spacial score (nSPS) is 11.6. The van der Waals surface area contributed by atoms with Crippen LogP contribution < -0.4 is 29.8 Å². The maximum Gasteiger partial charge on any atom is 0.291 e. The number of carbonyl (C=O) groups excluding carboxylic acids is 1. The van der Waals surface area contributed by atoms with Gasteiger partial charge in [-0.1, -0.05) is 6.07 Å². The minimum absolute atomic E-state index is 0.244. The SMILES string of the molecule is COc1cc([C@H](Nc2cccc[nH+]2)c2c(NC(=O)c3ccco3)sc(C)c2C)cc(OC)c1OC. The highest BCUT2D eigenvalue weighted by atomic mass is 32.1. The quantitative estimate of drug-likeness (QED) is 0.330. The van der Waals surface area contributed by atoms with Gasteiger partial charge in [-0.15, -0.1) is 11.3 Å². The number of H-pyrrole nitrogens is 1. The van der Waals surface area contributed by atoms with E-state index in [1.807, 2.05) is 50.4 Å². The monoisotopic (exact) mass is 494 g/mol. The van der Waals surface area contributed by atoms with E-state index in [1.165, 1.54) is 17.6 Å². The minimum Gasteiger partial charge on any atom is -0.493 e. The van der Waals surface area contributed by atoms with E-state index in [9.17, 15) is 4.79 Å². The van der Waals surface area contributed by atoms with Crippen LogP contribution in [0.15, 0.2) is 59.3 Å². The van der Waals surface area contributed by atoms with Crippen LogP contribution in [0.25, 0.3) is 0 Å². The molecule has 8 nitrogen and oxygen atoms in total. The van der Waals surface area contributed by atoms with Gasteiger partial charge >= 0.3 is 0 Å². The summed E-state index contributed by atoms with van der Waals surface area (Å²) in [5, 5.41) is 7.34. The lowest BCUT2D eigenvalue weighted by molar-refractivity contribution is -0.361. The molecular weight excluding hydrogens is 466 g/mol. The Morgan fingerprint density at radius 1 is 1.03 bits per heavy atom. The van der Waals surface area contributed by atoms with Crippen molar-refractivity contribution in [3.05, 3.63) is 82.3 Å². The number of thiophene rings is 1. The number of anilines is 2. The topological polar surface area (TPSA) is 96.1 Å². The first-order valence-electron chi connectivity index (χ1n) is 10.9. The van der Waals surface area contributed by atoms with Crippen LogP contribution in [0.2, 0.25) is 0 Å². The maximum atomic E-state index is 12.9. The van der Waals surface area contributed by atoms with Gasteiger partial charge in [-0.3, -0.25) is 10.1 Å². The number of amides is 1. The summed E-state index contributed by atoms with van der Waals surface area (Å²) < 4.78 is 22.0. The van der Waals surface area contributed by atoms with Crippen molar-refractivity contribution in [1.82, 2.24) is 0 Å². The van der Waals surface area contributed by atoms with Gasteiger partial charge in [-0.25, -0.2) is 4.98 Å². The molecule has 0 radical (unpaired) electrons. The van der Waals surface area contributed by atoms with E-state index in [-0.39, 0.29) is 17.7 Å². The first-order chi connectivity index (χ1) is 17.0. The van der Waals surface area contributed by atoms with Crippen LogP contribution in [-0.4, -0.2) is 27.2 Å². The first-order valence-corrected chi connectivity index (χ1v) is 11.8. The second kappa shape index (κ2) is 10.5. The third kappa shape index (κ3) is 4.95. The van der Waals surface area contributed by atoms with Gasteiger partial charge in [0.1, 0.15) is 11.0 Å². The summed E-state index contributed by atoms with van der Waals surface area (Å²) >= 11 is 1.52. The van der Waals surface area contributed by atoms with Gasteiger partial charge in [0, 0.05) is 22.1 Å². The summed E-state index contributed by atoms with van der Waals surface area (Å²) in [4.78, 5) is 17.2. The van der Waals surface area contributed by atoms with E-state index >= 15 is 0 Å². The number of nitrogens with one attached hydrogen (secondary N) is 3. The van der Waals surface area contributed by atoms with Crippen LogP contribution in [0, 0.1) is 13.8 Å². The zero-order chi connectivity index (χ0) is 24.9. The van der Waals surface area contributed by atoms with Gasteiger partial charge < -0.3 is 23.9 Å². The number of aryl methyl sites for hydroxylation is 1. The molecule has 0 fully saturated rings. The van der Waals surface area contributed by atoms with E-state index in [0.29, 0.717) is 17.2 Å². The van der Waals surface area contributed by atoms with Crippen molar-refractivity contribution in [3.63, 3.8) is 0 Å². The smallest absolute Gasteiger partial charge is 0.291 e. The molecule has 4 rings (SSSR count). The Hall–Kier alpha value is -3.98. The zero-order valence-corrected chi connectivity index (χ0v) is 21.0. The van der Waals surface area contributed by atoms with E-state index in [1.54, 1.807) is 33.5 Å². The summed E-state index contributed by atoms with van der Waals surface area (Å²) in [6.45, 7) is 4.08. The Morgan fingerprint density at radius 3 is 2.34 bits per heavy atom. The van der Waals surface area contributed by atoms with Crippen LogP contribution >= 0.6 is 11.3 Å². The number of hydrogen-bond donors (Lipinski definition) is 2. The highest BCUT2D eigenvalue weighted by molar-refractivity contribution is 7.16. The number of aromatic nitrogens is 1. The predicted molar refractivity (Wildman–Crippen MR) is 135 cm³/mol. The summed E-state index contributed by atoms with van der Waals surface area (Å²) in [6.07, 6.45) is 3.33. The molecule has 1 amide bonds. The number of rotatable bonds is 9. The molecule has 3 N–H and O–H groups in total. The molecule has 9 heteroatoms. The van der Waals surface area contributed by atoms with E-state index in [2.05, 4.69) is 15.6 Å². The molecule has 1 atom stereocenters. The third-order valence-electron chi connectivity index (χ3n) is 5.72.